The van der Waals surface area contributed by atoms with Gasteiger partial charge in [0.05, 0.1) is 6.54 Å². The van der Waals surface area contributed by atoms with E-state index in [9.17, 15) is 4.79 Å². The summed E-state index contributed by atoms with van der Waals surface area (Å²) in [5.41, 5.74) is 0. The molecule has 1 aromatic heterocycles. The van der Waals surface area contributed by atoms with Crippen LogP contribution in [0.15, 0.2) is 12.3 Å². The van der Waals surface area contributed by atoms with E-state index in [0.717, 1.165) is 25.8 Å². The van der Waals surface area contributed by atoms with Crippen molar-refractivity contribution in [3.63, 3.8) is 0 Å². The molecule has 0 radical (unpaired) electrons. The summed E-state index contributed by atoms with van der Waals surface area (Å²) in [7, 11) is 0. The normalized spacial score (nSPS) is 22.6. The number of ether oxygens (including phenoxy) is 1. The number of piperidine rings is 1. The Bertz CT molecular complexity index is 488. The standard InChI is InChI=1S/C15H21N3O2/c1-11-16-7-6-14(17-11)20-13-3-2-8-18(10-13)15(19)9-12-4-5-12/h6-7,12-13H,2-5,8-10H2,1H3. The molecule has 5 heteroatoms. The molecule has 1 saturated heterocycles. The van der Waals surface area contributed by atoms with Crippen molar-refractivity contribution in [3.05, 3.63) is 18.1 Å². The van der Waals surface area contributed by atoms with E-state index in [1.807, 2.05) is 11.8 Å². The molecule has 0 spiro atoms. The first-order valence-corrected chi connectivity index (χ1v) is 7.45. The van der Waals surface area contributed by atoms with Crippen LogP contribution >= 0.6 is 0 Å². The zero-order valence-electron chi connectivity index (χ0n) is 11.9. The van der Waals surface area contributed by atoms with Gasteiger partial charge in [0.2, 0.25) is 11.8 Å². The molecule has 1 aromatic rings. The van der Waals surface area contributed by atoms with Crippen LogP contribution in [-0.4, -0.2) is 40.0 Å². The molecule has 2 aliphatic rings. The number of carbonyl (C=O) groups is 1. The topological polar surface area (TPSA) is 55.3 Å². The summed E-state index contributed by atoms with van der Waals surface area (Å²) in [5, 5.41) is 0. The highest BCUT2D eigenvalue weighted by molar-refractivity contribution is 5.76. The summed E-state index contributed by atoms with van der Waals surface area (Å²) in [5.74, 6) is 2.26. The van der Waals surface area contributed by atoms with Crippen LogP contribution < -0.4 is 4.74 Å². The van der Waals surface area contributed by atoms with Crippen molar-refractivity contribution < 1.29 is 9.53 Å². The lowest BCUT2D eigenvalue weighted by molar-refractivity contribution is -0.134. The Labute approximate surface area is 119 Å². The first kappa shape index (κ1) is 13.3. The number of likely N-dealkylation sites (tertiary alicyclic amines) is 1. The van der Waals surface area contributed by atoms with Crippen LogP contribution in [0.4, 0.5) is 0 Å². The molecule has 0 bridgehead atoms. The summed E-state index contributed by atoms with van der Waals surface area (Å²) < 4.78 is 5.89. The number of carbonyl (C=O) groups excluding carboxylic acids is 1. The zero-order valence-corrected chi connectivity index (χ0v) is 11.9. The first-order chi connectivity index (χ1) is 9.70. The Morgan fingerprint density at radius 1 is 1.45 bits per heavy atom. The van der Waals surface area contributed by atoms with Crippen LogP contribution in [0.2, 0.25) is 0 Å². The molecule has 1 atom stereocenters. The van der Waals surface area contributed by atoms with Crippen molar-refractivity contribution in [2.75, 3.05) is 13.1 Å². The molecule has 5 nitrogen and oxygen atoms in total. The Morgan fingerprint density at radius 2 is 2.30 bits per heavy atom. The number of aryl methyl sites for hydroxylation is 1. The molecule has 1 aliphatic heterocycles. The van der Waals surface area contributed by atoms with Crippen molar-refractivity contribution in [2.24, 2.45) is 5.92 Å². The molecule has 3 rings (SSSR count). The lowest BCUT2D eigenvalue weighted by Crippen LogP contribution is -2.44. The minimum atomic E-state index is 0.0567. The van der Waals surface area contributed by atoms with Gasteiger partial charge in [0, 0.05) is 25.2 Å². The van der Waals surface area contributed by atoms with E-state index >= 15 is 0 Å². The molecule has 1 aliphatic carbocycles. The van der Waals surface area contributed by atoms with Gasteiger partial charge in [-0.3, -0.25) is 4.79 Å². The molecule has 1 saturated carbocycles. The maximum atomic E-state index is 12.1. The Balaban J connectivity index is 1.55. The van der Waals surface area contributed by atoms with Crippen molar-refractivity contribution in [1.82, 2.24) is 14.9 Å². The minimum absolute atomic E-state index is 0.0567. The average molecular weight is 275 g/mol. The maximum Gasteiger partial charge on any atom is 0.222 e. The van der Waals surface area contributed by atoms with E-state index in [4.69, 9.17) is 4.74 Å². The number of hydrogen-bond acceptors (Lipinski definition) is 4. The predicted octanol–water partition coefficient (Wildman–Crippen LogP) is 1.95. The third-order valence-corrected chi connectivity index (χ3v) is 3.93. The Kier molecular flexibility index (Phi) is 3.85. The largest absolute Gasteiger partial charge is 0.472 e. The van der Waals surface area contributed by atoms with Crippen LogP contribution in [0.5, 0.6) is 5.88 Å². The van der Waals surface area contributed by atoms with E-state index in [2.05, 4.69) is 9.97 Å². The summed E-state index contributed by atoms with van der Waals surface area (Å²) in [6.07, 6.45) is 6.91. The van der Waals surface area contributed by atoms with E-state index in [1.165, 1.54) is 12.8 Å². The molecule has 2 heterocycles. The van der Waals surface area contributed by atoms with Crippen LogP contribution in [0.25, 0.3) is 0 Å². The second-order valence-electron chi connectivity index (χ2n) is 5.81. The van der Waals surface area contributed by atoms with E-state index in [0.29, 0.717) is 30.1 Å². The monoisotopic (exact) mass is 275 g/mol. The van der Waals surface area contributed by atoms with E-state index in [1.54, 1.807) is 12.3 Å². The lowest BCUT2D eigenvalue weighted by Gasteiger charge is -2.32. The van der Waals surface area contributed by atoms with Crippen LogP contribution in [0, 0.1) is 12.8 Å². The highest BCUT2D eigenvalue weighted by Gasteiger charge is 2.30. The second kappa shape index (κ2) is 5.77. The van der Waals surface area contributed by atoms with Crippen molar-refractivity contribution >= 4 is 5.91 Å². The van der Waals surface area contributed by atoms with Crippen molar-refractivity contribution in [3.8, 4) is 5.88 Å². The van der Waals surface area contributed by atoms with E-state index < -0.39 is 0 Å². The number of rotatable bonds is 4. The van der Waals surface area contributed by atoms with Crippen LogP contribution in [0.3, 0.4) is 0 Å². The Hall–Kier alpha value is -1.65. The van der Waals surface area contributed by atoms with Crippen molar-refractivity contribution in [2.45, 2.75) is 45.1 Å². The summed E-state index contributed by atoms with van der Waals surface area (Å²) in [4.78, 5) is 22.4. The fraction of sp³-hybridized carbons (Fsp3) is 0.667. The highest BCUT2D eigenvalue weighted by Crippen LogP contribution is 2.33. The predicted molar refractivity (Wildman–Crippen MR) is 74.3 cm³/mol. The van der Waals surface area contributed by atoms with Gasteiger partial charge in [-0.1, -0.05) is 0 Å². The van der Waals surface area contributed by atoms with Crippen molar-refractivity contribution in [1.29, 1.82) is 0 Å². The summed E-state index contributed by atoms with van der Waals surface area (Å²) in [6.45, 7) is 3.40. The fourth-order valence-electron chi connectivity index (χ4n) is 2.63. The molecule has 1 unspecified atom stereocenters. The minimum Gasteiger partial charge on any atom is -0.472 e. The molecular weight excluding hydrogens is 254 g/mol. The molecule has 0 aromatic carbocycles. The second-order valence-corrected chi connectivity index (χ2v) is 5.81. The van der Waals surface area contributed by atoms with Crippen LogP contribution in [-0.2, 0) is 4.79 Å². The van der Waals surface area contributed by atoms with Gasteiger partial charge in [-0.25, -0.2) is 4.98 Å². The quantitative estimate of drug-likeness (QED) is 0.843. The van der Waals surface area contributed by atoms with Gasteiger partial charge in [0.25, 0.3) is 0 Å². The van der Waals surface area contributed by atoms with Gasteiger partial charge in [0.1, 0.15) is 11.9 Å². The molecular formula is C15H21N3O2. The molecule has 20 heavy (non-hydrogen) atoms. The Morgan fingerprint density at radius 3 is 3.05 bits per heavy atom. The third-order valence-electron chi connectivity index (χ3n) is 3.93. The third kappa shape index (κ3) is 3.46. The summed E-state index contributed by atoms with van der Waals surface area (Å²) >= 11 is 0. The zero-order chi connectivity index (χ0) is 13.9. The van der Waals surface area contributed by atoms with Gasteiger partial charge < -0.3 is 9.64 Å². The number of aromatic nitrogens is 2. The smallest absolute Gasteiger partial charge is 0.222 e. The molecule has 2 fully saturated rings. The number of amides is 1. The first-order valence-electron chi connectivity index (χ1n) is 7.45. The maximum absolute atomic E-state index is 12.1. The van der Waals surface area contributed by atoms with Gasteiger partial charge in [-0.2, -0.15) is 4.98 Å². The van der Waals surface area contributed by atoms with Gasteiger partial charge in [-0.15, -0.1) is 0 Å². The van der Waals surface area contributed by atoms with Gasteiger partial charge in [-0.05, 0) is 38.5 Å². The fourth-order valence-corrected chi connectivity index (χ4v) is 2.63. The molecule has 1 amide bonds. The van der Waals surface area contributed by atoms with Gasteiger partial charge in [0.15, 0.2) is 0 Å². The summed E-state index contributed by atoms with van der Waals surface area (Å²) in [6, 6.07) is 1.78. The number of nitrogens with zero attached hydrogens (tertiary/aromatic N) is 3. The molecule has 108 valence electrons. The average Bonchev–Trinajstić information content (AvgIpc) is 3.23. The van der Waals surface area contributed by atoms with Gasteiger partial charge >= 0.3 is 0 Å². The molecule has 0 N–H and O–H groups in total. The highest BCUT2D eigenvalue weighted by atomic mass is 16.5. The lowest BCUT2D eigenvalue weighted by atomic mass is 10.1. The van der Waals surface area contributed by atoms with Crippen LogP contribution in [0.1, 0.15) is 37.9 Å². The SMILES string of the molecule is Cc1nccc(OC2CCCN(C(=O)CC3CC3)C2)n1. The van der Waals surface area contributed by atoms with E-state index in [-0.39, 0.29) is 6.10 Å². The number of hydrogen-bond donors (Lipinski definition) is 0.